The van der Waals surface area contributed by atoms with Gasteiger partial charge >= 0.3 is 0 Å². The van der Waals surface area contributed by atoms with Crippen LogP contribution in [-0.2, 0) is 12.8 Å². The van der Waals surface area contributed by atoms with Crippen LogP contribution in [0.5, 0.6) is 5.75 Å². The fraction of sp³-hybridized carbons (Fsp3) is 0.400. The van der Waals surface area contributed by atoms with Gasteiger partial charge in [-0.1, -0.05) is 12.1 Å². The van der Waals surface area contributed by atoms with Crippen molar-refractivity contribution in [3.8, 4) is 5.75 Å². The number of thiazole rings is 1. The number of nitrogens with one attached hydrogen (secondary N) is 1. The maximum atomic E-state index is 5.64. The number of rotatable bonds is 7. The molecule has 1 atom stereocenters. The second kappa shape index (κ2) is 7.38. The number of methoxy groups -OCH3 is 1. The van der Waals surface area contributed by atoms with Gasteiger partial charge in [-0.2, -0.15) is 0 Å². The summed E-state index contributed by atoms with van der Waals surface area (Å²) in [5.74, 6) is 6.53. The van der Waals surface area contributed by atoms with Gasteiger partial charge in [0.2, 0.25) is 0 Å². The lowest BCUT2D eigenvalue weighted by Gasteiger charge is -2.14. The Morgan fingerprint density at radius 1 is 1.35 bits per heavy atom. The van der Waals surface area contributed by atoms with E-state index in [0.29, 0.717) is 0 Å². The molecule has 1 aromatic carbocycles. The second-order valence-electron chi connectivity index (χ2n) is 4.84. The van der Waals surface area contributed by atoms with Crippen molar-refractivity contribution in [3.05, 3.63) is 45.9 Å². The fourth-order valence-electron chi connectivity index (χ4n) is 2.08. The van der Waals surface area contributed by atoms with E-state index in [-0.39, 0.29) is 6.04 Å². The molecule has 0 aliphatic heterocycles. The van der Waals surface area contributed by atoms with Crippen LogP contribution in [0.4, 0.5) is 0 Å². The summed E-state index contributed by atoms with van der Waals surface area (Å²) in [7, 11) is 1.68. The van der Waals surface area contributed by atoms with Crippen molar-refractivity contribution in [1.29, 1.82) is 0 Å². The molecule has 0 radical (unpaired) electrons. The van der Waals surface area contributed by atoms with E-state index in [4.69, 9.17) is 10.6 Å². The molecule has 0 aliphatic carbocycles. The van der Waals surface area contributed by atoms with Gasteiger partial charge in [0.15, 0.2) is 0 Å². The Morgan fingerprint density at radius 2 is 2.10 bits per heavy atom. The summed E-state index contributed by atoms with van der Waals surface area (Å²) in [6.45, 7) is 2.02. The molecule has 5 heteroatoms. The SMILES string of the molecule is COc1ccc(CCC(Cc2nc(C)cs2)NN)cc1. The predicted octanol–water partition coefficient (Wildman–Crippen LogP) is 2.47. The minimum atomic E-state index is 0.252. The highest BCUT2D eigenvalue weighted by molar-refractivity contribution is 7.09. The van der Waals surface area contributed by atoms with E-state index < -0.39 is 0 Å². The first-order valence-electron chi connectivity index (χ1n) is 6.71. The lowest BCUT2D eigenvalue weighted by Crippen LogP contribution is -2.37. The third-order valence-corrected chi connectivity index (χ3v) is 4.25. The van der Waals surface area contributed by atoms with E-state index in [1.54, 1.807) is 18.4 Å². The third-order valence-electron chi connectivity index (χ3n) is 3.26. The van der Waals surface area contributed by atoms with Crippen LogP contribution >= 0.6 is 11.3 Å². The van der Waals surface area contributed by atoms with Crippen molar-refractivity contribution in [3.63, 3.8) is 0 Å². The maximum absolute atomic E-state index is 5.64. The highest BCUT2D eigenvalue weighted by Crippen LogP contribution is 2.16. The average Bonchev–Trinajstić information content (AvgIpc) is 2.89. The monoisotopic (exact) mass is 291 g/mol. The Morgan fingerprint density at radius 3 is 2.65 bits per heavy atom. The zero-order valence-corrected chi connectivity index (χ0v) is 12.7. The van der Waals surface area contributed by atoms with Crippen molar-refractivity contribution in [2.24, 2.45) is 5.84 Å². The smallest absolute Gasteiger partial charge is 0.118 e. The summed E-state index contributed by atoms with van der Waals surface area (Å²) >= 11 is 1.70. The zero-order chi connectivity index (χ0) is 14.4. The summed E-state index contributed by atoms with van der Waals surface area (Å²) in [5, 5.41) is 3.21. The first kappa shape index (κ1) is 15.0. The molecule has 1 heterocycles. The number of aromatic nitrogens is 1. The molecule has 0 saturated carbocycles. The van der Waals surface area contributed by atoms with Crippen LogP contribution in [0.25, 0.3) is 0 Å². The van der Waals surface area contributed by atoms with Crippen LogP contribution in [0, 0.1) is 6.92 Å². The van der Waals surface area contributed by atoms with Gasteiger partial charge in [0.25, 0.3) is 0 Å². The van der Waals surface area contributed by atoms with Gasteiger partial charge in [-0.25, -0.2) is 4.98 Å². The standard InChI is InChI=1S/C15H21N3OS/c1-11-10-20-15(17-11)9-13(18-16)6-3-12-4-7-14(19-2)8-5-12/h4-5,7-8,10,13,18H,3,6,9,16H2,1-2H3. The first-order chi connectivity index (χ1) is 9.71. The van der Waals surface area contributed by atoms with Gasteiger partial charge < -0.3 is 4.74 Å². The van der Waals surface area contributed by atoms with Crippen molar-refractivity contribution in [1.82, 2.24) is 10.4 Å². The van der Waals surface area contributed by atoms with E-state index in [9.17, 15) is 0 Å². The van der Waals surface area contributed by atoms with Gasteiger partial charge in [-0.15, -0.1) is 11.3 Å². The third kappa shape index (κ3) is 4.30. The molecule has 0 bridgehead atoms. The lowest BCUT2D eigenvalue weighted by atomic mass is 10.0. The van der Waals surface area contributed by atoms with Crippen LogP contribution in [0.3, 0.4) is 0 Å². The van der Waals surface area contributed by atoms with Gasteiger partial charge in [-0.3, -0.25) is 11.3 Å². The maximum Gasteiger partial charge on any atom is 0.118 e. The van der Waals surface area contributed by atoms with Gasteiger partial charge in [0.1, 0.15) is 5.75 Å². The number of hydrogen-bond acceptors (Lipinski definition) is 5. The summed E-state index contributed by atoms with van der Waals surface area (Å²) < 4.78 is 5.16. The number of nitrogens with two attached hydrogens (primary N) is 1. The molecule has 0 amide bonds. The van der Waals surface area contributed by atoms with E-state index in [1.165, 1.54) is 5.56 Å². The second-order valence-corrected chi connectivity index (χ2v) is 5.78. The van der Waals surface area contributed by atoms with E-state index in [2.05, 4.69) is 27.9 Å². The van der Waals surface area contributed by atoms with Gasteiger partial charge in [0.05, 0.1) is 12.1 Å². The molecule has 0 aliphatic rings. The first-order valence-corrected chi connectivity index (χ1v) is 7.59. The summed E-state index contributed by atoms with van der Waals surface area (Å²) in [6, 6.07) is 8.43. The quantitative estimate of drug-likeness (QED) is 0.608. The van der Waals surface area contributed by atoms with Crippen LogP contribution in [-0.4, -0.2) is 18.1 Å². The summed E-state index contributed by atoms with van der Waals surface area (Å²) in [4.78, 5) is 4.48. The number of ether oxygens (including phenoxy) is 1. The van der Waals surface area contributed by atoms with Crippen LogP contribution in [0.2, 0.25) is 0 Å². The minimum Gasteiger partial charge on any atom is -0.497 e. The van der Waals surface area contributed by atoms with Crippen LogP contribution in [0.1, 0.15) is 22.7 Å². The Balaban J connectivity index is 1.86. The minimum absolute atomic E-state index is 0.252. The lowest BCUT2D eigenvalue weighted by molar-refractivity contribution is 0.414. The number of nitrogens with zero attached hydrogens (tertiary/aromatic N) is 1. The molecule has 0 saturated heterocycles. The average molecular weight is 291 g/mol. The molecular formula is C15H21N3OS. The predicted molar refractivity (Wildman–Crippen MR) is 83.0 cm³/mol. The molecule has 1 unspecified atom stereocenters. The molecule has 0 fully saturated rings. The highest BCUT2D eigenvalue weighted by Gasteiger charge is 2.10. The van der Waals surface area contributed by atoms with Crippen LogP contribution in [0.15, 0.2) is 29.6 Å². The van der Waals surface area contributed by atoms with E-state index in [1.807, 2.05) is 19.1 Å². The van der Waals surface area contributed by atoms with Crippen LogP contribution < -0.4 is 16.0 Å². The Labute approximate surface area is 124 Å². The van der Waals surface area contributed by atoms with Crippen molar-refractivity contribution >= 4 is 11.3 Å². The highest BCUT2D eigenvalue weighted by atomic mass is 32.1. The van der Waals surface area contributed by atoms with E-state index in [0.717, 1.165) is 35.7 Å². The van der Waals surface area contributed by atoms with Crippen molar-refractivity contribution < 1.29 is 4.74 Å². The van der Waals surface area contributed by atoms with Gasteiger partial charge in [-0.05, 0) is 37.5 Å². The molecule has 0 spiro atoms. The molecule has 20 heavy (non-hydrogen) atoms. The molecule has 3 N–H and O–H groups in total. The summed E-state index contributed by atoms with van der Waals surface area (Å²) in [5.41, 5.74) is 5.27. The fourth-order valence-corrected chi connectivity index (χ4v) is 2.94. The summed E-state index contributed by atoms with van der Waals surface area (Å²) in [6.07, 6.45) is 2.86. The number of hydrazine groups is 1. The molecular weight excluding hydrogens is 270 g/mol. The molecule has 2 rings (SSSR count). The largest absolute Gasteiger partial charge is 0.497 e. The Bertz CT molecular complexity index is 524. The van der Waals surface area contributed by atoms with Gasteiger partial charge in [0, 0.05) is 23.5 Å². The zero-order valence-electron chi connectivity index (χ0n) is 11.9. The number of aryl methyl sites for hydroxylation is 2. The topological polar surface area (TPSA) is 60.2 Å². The van der Waals surface area contributed by atoms with E-state index >= 15 is 0 Å². The van der Waals surface area contributed by atoms with Crippen molar-refractivity contribution in [2.45, 2.75) is 32.2 Å². The molecule has 4 nitrogen and oxygen atoms in total. The number of benzene rings is 1. The number of hydrogen-bond donors (Lipinski definition) is 2. The molecule has 2 aromatic rings. The Kier molecular flexibility index (Phi) is 5.52. The van der Waals surface area contributed by atoms with Crippen molar-refractivity contribution in [2.75, 3.05) is 7.11 Å². The molecule has 1 aromatic heterocycles. The molecule has 108 valence electrons. The normalized spacial score (nSPS) is 12.3. The Hall–Kier alpha value is -1.43.